The average Bonchev–Trinajstić information content (AvgIpc) is 2.94. The summed E-state index contributed by atoms with van der Waals surface area (Å²) < 4.78 is 33.4. The Morgan fingerprint density at radius 2 is 2.04 bits per heavy atom. The van der Waals surface area contributed by atoms with Gasteiger partial charge in [-0.3, -0.25) is 4.79 Å². The minimum absolute atomic E-state index is 0.0421. The highest BCUT2D eigenvalue weighted by atomic mass is 35.5. The zero-order valence-electron chi connectivity index (χ0n) is 14.7. The number of likely N-dealkylation sites (N-methyl/N-ethyl adjacent to an activating group) is 1. The van der Waals surface area contributed by atoms with E-state index in [0.717, 1.165) is 5.56 Å². The molecule has 9 heteroatoms. The fraction of sp³-hybridized carbons (Fsp3) is 0.529. The number of ether oxygens (including phenoxy) is 2. The van der Waals surface area contributed by atoms with Crippen LogP contribution in [0.15, 0.2) is 18.2 Å². The minimum atomic E-state index is -3.09. The highest BCUT2D eigenvalue weighted by Gasteiger charge is 2.34. The van der Waals surface area contributed by atoms with Gasteiger partial charge in [0.1, 0.15) is 5.75 Å². The van der Waals surface area contributed by atoms with E-state index in [-0.39, 0.29) is 24.2 Å². The zero-order chi connectivity index (χ0) is 19.3. The van der Waals surface area contributed by atoms with Gasteiger partial charge in [-0.05, 0) is 44.0 Å². The number of benzene rings is 1. The van der Waals surface area contributed by atoms with E-state index in [1.165, 1.54) is 4.90 Å². The number of halogens is 1. The minimum Gasteiger partial charge on any atom is -0.482 e. The van der Waals surface area contributed by atoms with E-state index in [0.29, 0.717) is 23.7 Å². The van der Waals surface area contributed by atoms with Gasteiger partial charge in [0.2, 0.25) is 0 Å². The number of hydrogen-bond donors (Lipinski definition) is 0. The van der Waals surface area contributed by atoms with Gasteiger partial charge in [0.25, 0.3) is 5.91 Å². The van der Waals surface area contributed by atoms with E-state index in [9.17, 15) is 18.0 Å². The lowest BCUT2D eigenvalue weighted by atomic mass is 10.2. The van der Waals surface area contributed by atoms with Crippen molar-refractivity contribution in [2.75, 3.05) is 31.3 Å². The smallest absolute Gasteiger partial charge is 0.344 e. The summed E-state index contributed by atoms with van der Waals surface area (Å²) >= 11 is 5.92. The third kappa shape index (κ3) is 5.60. The normalized spacial score (nSPS) is 18.3. The van der Waals surface area contributed by atoms with Gasteiger partial charge in [-0.2, -0.15) is 0 Å². The van der Waals surface area contributed by atoms with Crippen LogP contribution in [0, 0.1) is 6.92 Å². The molecule has 1 amide bonds. The Labute approximate surface area is 158 Å². The fourth-order valence-corrected chi connectivity index (χ4v) is 4.62. The molecule has 0 bridgehead atoms. The molecular weight excluding hydrogens is 382 g/mol. The Hall–Kier alpha value is -1.80. The van der Waals surface area contributed by atoms with Crippen LogP contribution in [0.4, 0.5) is 0 Å². The molecule has 0 aliphatic carbocycles. The van der Waals surface area contributed by atoms with Crippen LogP contribution in [-0.4, -0.2) is 62.5 Å². The lowest BCUT2D eigenvalue weighted by Gasteiger charge is -2.26. The standard InChI is InChI=1S/C17H22ClNO6S/c1-3-19(13-6-7-26(22,23)11-13)16(20)9-25-17(21)10-24-14-4-5-15(18)12(2)8-14/h4-5,8,13H,3,6-7,9-11H2,1-2H3/t13-/m0/s1. The Balaban J connectivity index is 1.80. The van der Waals surface area contributed by atoms with Crippen LogP contribution in [0.5, 0.6) is 5.75 Å². The first-order chi connectivity index (χ1) is 12.2. The molecule has 2 rings (SSSR count). The summed E-state index contributed by atoms with van der Waals surface area (Å²) in [6.45, 7) is 3.16. The summed E-state index contributed by atoms with van der Waals surface area (Å²) in [4.78, 5) is 25.4. The molecule has 144 valence electrons. The number of aryl methyl sites for hydroxylation is 1. The van der Waals surface area contributed by atoms with Crippen molar-refractivity contribution in [2.45, 2.75) is 26.3 Å². The summed E-state index contributed by atoms with van der Waals surface area (Å²) in [5.41, 5.74) is 0.817. The number of carbonyl (C=O) groups excluding carboxylic acids is 2. The van der Waals surface area contributed by atoms with Gasteiger partial charge in [0, 0.05) is 17.6 Å². The van der Waals surface area contributed by atoms with Gasteiger partial charge >= 0.3 is 5.97 Å². The molecule has 0 saturated carbocycles. The molecule has 26 heavy (non-hydrogen) atoms. The lowest BCUT2D eigenvalue weighted by molar-refractivity contribution is -0.154. The second-order valence-electron chi connectivity index (χ2n) is 6.10. The largest absolute Gasteiger partial charge is 0.482 e. The predicted octanol–water partition coefficient (Wildman–Crippen LogP) is 1.61. The van der Waals surface area contributed by atoms with Crippen molar-refractivity contribution in [1.82, 2.24) is 4.90 Å². The molecule has 0 spiro atoms. The molecule has 0 unspecified atom stereocenters. The van der Waals surface area contributed by atoms with Crippen molar-refractivity contribution < 1.29 is 27.5 Å². The number of rotatable bonds is 7. The molecule has 0 N–H and O–H groups in total. The van der Waals surface area contributed by atoms with Gasteiger partial charge in [0.05, 0.1) is 11.5 Å². The van der Waals surface area contributed by atoms with Crippen LogP contribution >= 0.6 is 11.6 Å². The first kappa shape index (κ1) is 20.5. The summed E-state index contributed by atoms with van der Waals surface area (Å²) in [5, 5.41) is 0.596. The molecule has 1 atom stereocenters. The molecule has 1 heterocycles. The van der Waals surface area contributed by atoms with Crippen molar-refractivity contribution >= 4 is 33.3 Å². The molecule has 0 radical (unpaired) electrons. The van der Waals surface area contributed by atoms with Crippen molar-refractivity contribution in [2.24, 2.45) is 0 Å². The van der Waals surface area contributed by atoms with Gasteiger partial charge in [0.15, 0.2) is 23.1 Å². The number of carbonyl (C=O) groups is 2. The number of hydrogen-bond acceptors (Lipinski definition) is 6. The van der Waals surface area contributed by atoms with E-state index in [1.54, 1.807) is 25.1 Å². The molecule has 1 aromatic rings. The van der Waals surface area contributed by atoms with E-state index < -0.39 is 28.3 Å². The topological polar surface area (TPSA) is 90.0 Å². The third-order valence-electron chi connectivity index (χ3n) is 4.15. The maximum absolute atomic E-state index is 12.2. The summed E-state index contributed by atoms with van der Waals surface area (Å²) in [6.07, 6.45) is 0.412. The molecule has 1 fully saturated rings. The van der Waals surface area contributed by atoms with Crippen molar-refractivity contribution in [1.29, 1.82) is 0 Å². The van der Waals surface area contributed by atoms with E-state index >= 15 is 0 Å². The number of sulfone groups is 1. The predicted molar refractivity (Wildman–Crippen MR) is 97.1 cm³/mol. The van der Waals surface area contributed by atoms with Crippen LogP contribution < -0.4 is 4.74 Å². The van der Waals surface area contributed by atoms with Crippen LogP contribution in [0.2, 0.25) is 5.02 Å². The molecular formula is C17H22ClNO6S. The van der Waals surface area contributed by atoms with E-state index in [1.807, 2.05) is 6.92 Å². The molecule has 7 nitrogen and oxygen atoms in total. The molecule has 1 aliphatic heterocycles. The quantitative estimate of drug-likeness (QED) is 0.642. The number of amides is 1. The highest BCUT2D eigenvalue weighted by Crippen LogP contribution is 2.21. The number of nitrogens with zero attached hydrogens (tertiary/aromatic N) is 1. The van der Waals surface area contributed by atoms with E-state index in [4.69, 9.17) is 21.1 Å². The zero-order valence-corrected chi connectivity index (χ0v) is 16.3. The Morgan fingerprint density at radius 1 is 1.31 bits per heavy atom. The Bertz CT molecular complexity index is 779. The summed E-state index contributed by atoms with van der Waals surface area (Å²) in [6, 6.07) is 4.63. The maximum Gasteiger partial charge on any atom is 0.344 e. The molecule has 1 saturated heterocycles. The summed E-state index contributed by atoms with van der Waals surface area (Å²) in [7, 11) is -3.09. The molecule has 0 aromatic heterocycles. The monoisotopic (exact) mass is 403 g/mol. The average molecular weight is 404 g/mol. The third-order valence-corrected chi connectivity index (χ3v) is 6.33. The maximum atomic E-state index is 12.2. The van der Waals surface area contributed by atoms with Crippen LogP contribution in [-0.2, 0) is 24.2 Å². The van der Waals surface area contributed by atoms with Gasteiger partial charge < -0.3 is 14.4 Å². The van der Waals surface area contributed by atoms with Crippen LogP contribution in [0.1, 0.15) is 18.9 Å². The Kier molecular flexibility index (Phi) is 6.88. The Morgan fingerprint density at radius 3 is 2.62 bits per heavy atom. The second kappa shape index (κ2) is 8.73. The lowest BCUT2D eigenvalue weighted by Crippen LogP contribution is -2.43. The number of esters is 1. The van der Waals surface area contributed by atoms with Gasteiger partial charge in [-0.15, -0.1) is 0 Å². The molecule has 1 aliphatic rings. The SMILES string of the molecule is CCN(C(=O)COC(=O)COc1ccc(Cl)c(C)c1)[C@H]1CCS(=O)(=O)C1. The van der Waals surface area contributed by atoms with Crippen molar-refractivity contribution in [3.8, 4) is 5.75 Å². The van der Waals surface area contributed by atoms with Gasteiger partial charge in [-0.1, -0.05) is 11.6 Å². The second-order valence-corrected chi connectivity index (χ2v) is 8.73. The van der Waals surface area contributed by atoms with Crippen molar-refractivity contribution in [3.63, 3.8) is 0 Å². The fourth-order valence-electron chi connectivity index (χ4n) is 2.78. The first-order valence-corrected chi connectivity index (χ1v) is 10.5. The molecule has 1 aromatic carbocycles. The summed E-state index contributed by atoms with van der Waals surface area (Å²) in [5.74, 6) is -0.581. The highest BCUT2D eigenvalue weighted by molar-refractivity contribution is 7.91. The van der Waals surface area contributed by atoms with Crippen molar-refractivity contribution in [3.05, 3.63) is 28.8 Å². The first-order valence-electron chi connectivity index (χ1n) is 8.26. The van der Waals surface area contributed by atoms with Crippen LogP contribution in [0.25, 0.3) is 0 Å². The van der Waals surface area contributed by atoms with Crippen LogP contribution in [0.3, 0.4) is 0 Å². The van der Waals surface area contributed by atoms with Gasteiger partial charge in [-0.25, -0.2) is 13.2 Å². The van der Waals surface area contributed by atoms with E-state index in [2.05, 4.69) is 0 Å².